The first-order chi connectivity index (χ1) is 8.65. The minimum Gasteiger partial charge on any atom is -0.497 e. The Hall–Kier alpha value is -2.16. The number of aldehydes is 1. The molecular weight excluding hydrogens is 231 g/mol. The van der Waals surface area contributed by atoms with Gasteiger partial charge in [0.25, 0.3) is 0 Å². The van der Waals surface area contributed by atoms with E-state index >= 15 is 0 Å². The Balaban J connectivity index is 2.55. The van der Waals surface area contributed by atoms with Gasteiger partial charge < -0.3 is 4.74 Å². The largest absolute Gasteiger partial charge is 0.497 e. The van der Waals surface area contributed by atoms with E-state index in [1.54, 1.807) is 44.4 Å². The summed E-state index contributed by atoms with van der Waals surface area (Å²) in [6, 6.07) is 10.0. The third-order valence-electron chi connectivity index (χ3n) is 2.85. The topological polar surface area (TPSA) is 26.3 Å². The van der Waals surface area contributed by atoms with Crippen molar-refractivity contribution in [2.45, 2.75) is 6.92 Å². The van der Waals surface area contributed by atoms with Crippen molar-refractivity contribution in [3.8, 4) is 16.9 Å². The van der Waals surface area contributed by atoms with Gasteiger partial charge in [-0.15, -0.1) is 0 Å². The number of carbonyl (C=O) groups excluding carboxylic acids is 1. The van der Waals surface area contributed by atoms with Gasteiger partial charge >= 0.3 is 0 Å². The predicted molar refractivity (Wildman–Crippen MR) is 68.5 cm³/mol. The van der Waals surface area contributed by atoms with Crippen LogP contribution in [0.1, 0.15) is 15.9 Å². The van der Waals surface area contributed by atoms with Crippen molar-refractivity contribution >= 4 is 6.29 Å². The number of benzene rings is 2. The number of halogens is 1. The maximum atomic E-state index is 13.2. The maximum Gasteiger partial charge on any atom is 0.150 e. The number of hydrogen-bond donors (Lipinski definition) is 0. The lowest BCUT2D eigenvalue weighted by Crippen LogP contribution is -1.92. The highest BCUT2D eigenvalue weighted by Crippen LogP contribution is 2.27. The number of carbonyl (C=O) groups is 1. The highest BCUT2D eigenvalue weighted by Gasteiger charge is 2.07. The number of rotatable bonds is 3. The molecular formula is C15H13FO2. The van der Waals surface area contributed by atoms with Crippen LogP contribution in [0, 0.1) is 12.7 Å². The minimum atomic E-state index is -0.250. The summed E-state index contributed by atoms with van der Waals surface area (Å²) >= 11 is 0. The SMILES string of the molecule is COc1ccc(-c2ccc(F)c(C)c2)c(C=O)c1. The first kappa shape index (κ1) is 12.3. The normalized spacial score (nSPS) is 10.2. The lowest BCUT2D eigenvalue weighted by Gasteiger charge is -2.08. The molecule has 0 radical (unpaired) electrons. The van der Waals surface area contributed by atoms with Gasteiger partial charge in [-0.05, 0) is 53.9 Å². The van der Waals surface area contributed by atoms with Crippen LogP contribution >= 0.6 is 0 Å². The Morgan fingerprint density at radius 1 is 1.17 bits per heavy atom. The Morgan fingerprint density at radius 3 is 2.56 bits per heavy atom. The first-order valence-corrected chi connectivity index (χ1v) is 5.55. The summed E-state index contributed by atoms with van der Waals surface area (Å²) in [5, 5.41) is 0. The quantitative estimate of drug-likeness (QED) is 0.771. The van der Waals surface area contributed by atoms with E-state index in [9.17, 15) is 9.18 Å². The van der Waals surface area contributed by atoms with E-state index in [1.165, 1.54) is 6.07 Å². The number of hydrogen-bond acceptors (Lipinski definition) is 2. The molecule has 92 valence electrons. The van der Waals surface area contributed by atoms with Crippen LogP contribution in [0.5, 0.6) is 5.75 Å². The second-order valence-electron chi connectivity index (χ2n) is 4.03. The summed E-state index contributed by atoms with van der Waals surface area (Å²) in [4.78, 5) is 11.1. The summed E-state index contributed by atoms with van der Waals surface area (Å²) in [6.07, 6.45) is 0.774. The van der Waals surface area contributed by atoms with Crippen molar-refractivity contribution in [3.63, 3.8) is 0 Å². The molecule has 0 saturated heterocycles. The van der Waals surface area contributed by atoms with Crippen LogP contribution in [0.4, 0.5) is 4.39 Å². The van der Waals surface area contributed by atoms with Crippen LogP contribution in [0.25, 0.3) is 11.1 Å². The van der Waals surface area contributed by atoms with Crippen LogP contribution in [0.15, 0.2) is 36.4 Å². The summed E-state index contributed by atoms with van der Waals surface area (Å²) < 4.78 is 18.3. The molecule has 0 bridgehead atoms. The van der Waals surface area contributed by atoms with Crippen LogP contribution < -0.4 is 4.74 Å². The summed E-state index contributed by atoms with van der Waals surface area (Å²) in [5.74, 6) is 0.375. The fourth-order valence-corrected chi connectivity index (χ4v) is 1.84. The molecule has 0 aliphatic heterocycles. The van der Waals surface area contributed by atoms with E-state index in [2.05, 4.69) is 0 Å². The highest BCUT2D eigenvalue weighted by atomic mass is 19.1. The molecule has 0 aliphatic carbocycles. The summed E-state index contributed by atoms with van der Waals surface area (Å²) in [7, 11) is 1.55. The van der Waals surface area contributed by atoms with Crippen LogP contribution in [0.2, 0.25) is 0 Å². The summed E-state index contributed by atoms with van der Waals surface area (Å²) in [6.45, 7) is 1.70. The van der Waals surface area contributed by atoms with E-state index in [0.29, 0.717) is 16.9 Å². The predicted octanol–water partition coefficient (Wildman–Crippen LogP) is 3.62. The van der Waals surface area contributed by atoms with Crippen LogP contribution in [-0.4, -0.2) is 13.4 Å². The zero-order valence-corrected chi connectivity index (χ0v) is 10.2. The van der Waals surface area contributed by atoms with E-state index < -0.39 is 0 Å². The van der Waals surface area contributed by atoms with Crippen molar-refractivity contribution < 1.29 is 13.9 Å². The molecule has 0 amide bonds. The molecule has 3 heteroatoms. The molecule has 2 aromatic carbocycles. The van der Waals surface area contributed by atoms with Gasteiger partial charge in [-0.1, -0.05) is 6.07 Å². The third kappa shape index (κ3) is 2.25. The molecule has 0 N–H and O–H groups in total. The molecule has 0 fully saturated rings. The molecule has 0 saturated carbocycles. The minimum absolute atomic E-state index is 0.250. The molecule has 0 unspecified atom stereocenters. The first-order valence-electron chi connectivity index (χ1n) is 5.55. The third-order valence-corrected chi connectivity index (χ3v) is 2.85. The van der Waals surface area contributed by atoms with Gasteiger partial charge in [0.15, 0.2) is 6.29 Å². The Bertz CT molecular complexity index is 591. The van der Waals surface area contributed by atoms with Crippen LogP contribution in [0.3, 0.4) is 0 Å². The lowest BCUT2D eigenvalue weighted by molar-refractivity contribution is 0.112. The van der Waals surface area contributed by atoms with Crippen molar-refractivity contribution in [2.75, 3.05) is 7.11 Å². The average Bonchev–Trinajstić information content (AvgIpc) is 2.41. The lowest BCUT2D eigenvalue weighted by atomic mass is 9.98. The number of methoxy groups -OCH3 is 1. The van der Waals surface area contributed by atoms with Gasteiger partial charge in [-0.25, -0.2) is 4.39 Å². The van der Waals surface area contributed by atoms with E-state index in [-0.39, 0.29) is 5.82 Å². The maximum absolute atomic E-state index is 13.2. The zero-order chi connectivity index (χ0) is 13.1. The monoisotopic (exact) mass is 244 g/mol. The van der Waals surface area contributed by atoms with E-state index in [0.717, 1.165) is 17.4 Å². The molecule has 0 aliphatic rings. The smallest absolute Gasteiger partial charge is 0.150 e. The Morgan fingerprint density at radius 2 is 1.94 bits per heavy atom. The van der Waals surface area contributed by atoms with Crippen molar-refractivity contribution in [2.24, 2.45) is 0 Å². The summed E-state index contributed by atoms with van der Waals surface area (Å²) in [5.41, 5.74) is 2.67. The zero-order valence-electron chi connectivity index (χ0n) is 10.2. The van der Waals surface area contributed by atoms with Gasteiger partial charge in [0.05, 0.1) is 7.11 Å². The second kappa shape index (κ2) is 5.00. The molecule has 18 heavy (non-hydrogen) atoms. The van der Waals surface area contributed by atoms with Gasteiger partial charge in [0, 0.05) is 5.56 Å². The Labute approximate surface area is 105 Å². The van der Waals surface area contributed by atoms with Gasteiger partial charge in [0.1, 0.15) is 11.6 Å². The standard InChI is InChI=1S/C15H13FO2/c1-10-7-11(3-6-15(10)16)14-5-4-13(18-2)8-12(14)9-17/h3-9H,1-2H3. The fraction of sp³-hybridized carbons (Fsp3) is 0.133. The Kier molecular flexibility index (Phi) is 3.42. The van der Waals surface area contributed by atoms with Gasteiger partial charge in [0.2, 0.25) is 0 Å². The van der Waals surface area contributed by atoms with Gasteiger partial charge in [-0.2, -0.15) is 0 Å². The average molecular weight is 244 g/mol. The molecule has 0 atom stereocenters. The molecule has 0 heterocycles. The number of ether oxygens (including phenoxy) is 1. The molecule has 0 spiro atoms. The van der Waals surface area contributed by atoms with Crippen molar-refractivity contribution in [1.82, 2.24) is 0 Å². The van der Waals surface area contributed by atoms with E-state index in [4.69, 9.17) is 4.74 Å². The molecule has 0 aromatic heterocycles. The highest BCUT2D eigenvalue weighted by molar-refractivity contribution is 5.88. The van der Waals surface area contributed by atoms with Crippen LogP contribution in [-0.2, 0) is 0 Å². The second-order valence-corrected chi connectivity index (χ2v) is 4.03. The molecule has 2 aromatic rings. The fourth-order valence-electron chi connectivity index (χ4n) is 1.84. The van der Waals surface area contributed by atoms with E-state index in [1.807, 2.05) is 0 Å². The van der Waals surface area contributed by atoms with Crippen molar-refractivity contribution in [3.05, 3.63) is 53.3 Å². The van der Waals surface area contributed by atoms with Gasteiger partial charge in [-0.3, -0.25) is 4.79 Å². The molecule has 2 rings (SSSR count). The van der Waals surface area contributed by atoms with Crippen molar-refractivity contribution in [1.29, 1.82) is 0 Å². The molecule has 2 nitrogen and oxygen atoms in total. The number of aryl methyl sites for hydroxylation is 1.